The second-order valence-corrected chi connectivity index (χ2v) is 7.55. The van der Waals surface area contributed by atoms with Crippen LogP contribution >= 0.6 is 15.9 Å². The summed E-state index contributed by atoms with van der Waals surface area (Å²) in [6.45, 7) is 4.52. The van der Waals surface area contributed by atoms with E-state index in [-0.39, 0.29) is 6.10 Å². The fourth-order valence-electron chi connectivity index (χ4n) is 3.17. The van der Waals surface area contributed by atoms with Gasteiger partial charge in [-0.25, -0.2) is 19.9 Å². The summed E-state index contributed by atoms with van der Waals surface area (Å²) in [5.74, 6) is 2.13. The van der Waals surface area contributed by atoms with Gasteiger partial charge < -0.3 is 20.8 Å². The largest absolute Gasteiger partial charge is 0.473 e. The van der Waals surface area contributed by atoms with Crippen LogP contribution in [-0.2, 0) is 6.54 Å². The number of nitrogen functional groups attached to an aromatic ring is 2. The molecule has 0 radical (unpaired) electrons. The number of anilines is 2. The van der Waals surface area contributed by atoms with Gasteiger partial charge in [-0.1, -0.05) is 6.07 Å². The van der Waals surface area contributed by atoms with E-state index in [1.807, 2.05) is 48.7 Å². The van der Waals surface area contributed by atoms with E-state index in [0.717, 1.165) is 32.8 Å². The molecule has 0 spiro atoms. The average Bonchev–Trinajstić information content (AvgIpc) is 2.95. The van der Waals surface area contributed by atoms with Crippen molar-refractivity contribution in [1.29, 1.82) is 0 Å². The van der Waals surface area contributed by atoms with E-state index in [1.54, 1.807) is 12.1 Å². The van der Waals surface area contributed by atoms with Crippen LogP contribution in [-0.4, -0.2) is 30.6 Å². The van der Waals surface area contributed by atoms with Crippen LogP contribution < -0.4 is 16.2 Å². The van der Waals surface area contributed by atoms with Crippen LogP contribution in [0.4, 0.5) is 11.6 Å². The molecule has 1 atom stereocenters. The number of rotatable bonds is 5. The summed E-state index contributed by atoms with van der Waals surface area (Å²) in [6.07, 6.45) is -0.134. The lowest BCUT2D eigenvalue weighted by atomic mass is 10.1. The van der Waals surface area contributed by atoms with E-state index in [0.29, 0.717) is 24.1 Å². The molecule has 29 heavy (non-hydrogen) atoms. The van der Waals surface area contributed by atoms with E-state index >= 15 is 0 Å². The summed E-state index contributed by atoms with van der Waals surface area (Å²) in [5, 5.41) is 0. The molecule has 0 bridgehead atoms. The number of pyridine rings is 3. The third-order valence-corrected chi connectivity index (χ3v) is 4.84. The Labute approximate surface area is 176 Å². The van der Waals surface area contributed by atoms with Crippen molar-refractivity contribution in [3.8, 4) is 17.1 Å². The van der Waals surface area contributed by atoms with Gasteiger partial charge in [0.2, 0.25) is 5.88 Å². The number of ether oxygens (including phenoxy) is 1. The van der Waals surface area contributed by atoms with Crippen molar-refractivity contribution in [2.75, 3.05) is 11.5 Å². The summed E-state index contributed by atoms with van der Waals surface area (Å²) in [6, 6.07) is 12.9. The number of fused-ring (bicyclic) bond motifs is 1. The number of aromatic nitrogens is 5. The molecule has 0 unspecified atom stereocenters. The van der Waals surface area contributed by atoms with Gasteiger partial charge in [-0.15, -0.1) is 0 Å². The third-order valence-electron chi connectivity index (χ3n) is 4.39. The van der Waals surface area contributed by atoms with E-state index < -0.39 is 0 Å². The molecule has 4 aromatic rings. The Bertz CT molecular complexity index is 1170. The number of nitrogens with zero attached hydrogens (tertiary/aromatic N) is 5. The maximum atomic E-state index is 5.96. The Morgan fingerprint density at radius 1 is 1.03 bits per heavy atom. The third kappa shape index (κ3) is 4.14. The average molecular weight is 454 g/mol. The topological polar surface area (TPSA) is 118 Å². The van der Waals surface area contributed by atoms with Gasteiger partial charge in [-0.3, -0.25) is 0 Å². The lowest BCUT2D eigenvalue weighted by Crippen LogP contribution is -2.21. The summed E-state index contributed by atoms with van der Waals surface area (Å²) in [7, 11) is 0. The lowest BCUT2D eigenvalue weighted by molar-refractivity contribution is 0.191. The second kappa shape index (κ2) is 7.67. The zero-order valence-electron chi connectivity index (χ0n) is 16.0. The fraction of sp³-hybridized carbons (Fsp3) is 0.200. The smallest absolute Gasteiger partial charge is 0.214 e. The summed E-state index contributed by atoms with van der Waals surface area (Å²) in [4.78, 5) is 17.8. The first-order chi connectivity index (χ1) is 13.9. The number of halogens is 1. The minimum atomic E-state index is -0.134. The molecule has 0 aliphatic carbocycles. The van der Waals surface area contributed by atoms with Gasteiger partial charge in [0.15, 0.2) is 5.65 Å². The van der Waals surface area contributed by atoms with Gasteiger partial charge in [0.1, 0.15) is 33.7 Å². The fourth-order valence-corrected chi connectivity index (χ4v) is 3.50. The molecule has 9 heteroatoms. The van der Waals surface area contributed by atoms with Crippen molar-refractivity contribution in [1.82, 2.24) is 24.5 Å². The van der Waals surface area contributed by atoms with Crippen molar-refractivity contribution in [2.24, 2.45) is 0 Å². The lowest BCUT2D eigenvalue weighted by Gasteiger charge is -2.16. The van der Waals surface area contributed by atoms with Crippen LogP contribution in [0.25, 0.3) is 22.4 Å². The van der Waals surface area contributed by atoms with Crippen LogP contribution in [0, 0.1) is 6.92 Å². The number of hydrogen-bond donors (Lipinski definition) is 2. The SMILES string of the molecule is Cc1nc2ccc(-c3cc(N)nc(N)c3)nc2n1C[C@H](C)Oc1cccc(Br)n1. The highest BCUT2D eigenvalue weighted by Gasteiger charge is 2.15. The van der Waals surface area contributed by atoms with Gasteiger partial charge in [-0.2, -0.15) is 0 Å². The Morgan fingerprint density at radius 2 is 1.79 bits per heavy atom. The van der Waals surface area contributed by atoms with Gasteiger partial charge in [-0.05, 0) is 60.1 Å². The standard InChI is InChI=1S/C20H20BrN7O/c1-11(29-19-5-3-4-16(21)26-19)10-28-12(2)24-15-7-6-14(25-20(15)28)13-8-17(22)27-18(23)9-13/h3-9,11H,10H2,1-2H3,(H4,22,23,27)/t11-/m0/s1. The predicted octanol–water partition coefficient (Wildman–Crippen LogP) is 3.59. The molecule has 4 rings (SSSR count). The molecule has 8 nitrogen and oxygen atoms in total. The maximum Gasteiger partial charge on any atom is 0.214 e. The second-order valence-electron chi connectivity index (χ2n) is 6.74. The molecule has 148 valence electrons. The Hall–Kier alpha value is -3.20. The van der Waals surface area contributed by atoms with E-state index in [4.69, 9.17) is 21.2 Å². The van der Waals surface area contributed by atoms with Crippen LogP contribution in [0.15, 0.2) is 47.1 Å². The number of hydrogen-bond acceptors (Lipinski definition) is 7. The van der Waals surface area contributed by atoms with Crippen molar-refractivity contribution in [3.63, 3.8) is 0 Å². The molecule has 0 aliphatic rings. The van der Waals surface area contributed by atoms with Gasteiger partial charge in [0, 0.05) is 11.6 Å². The molecule has 0 aromatic carbocycles. The first-order valence-electron chi connectivity index (χ1n) is 9.05. The summed E-state index contributed by atoms with van der Waals surface area (Å²) >= 11 is 3.36. The zero-order chi connectivity index (χ0) is 20.5. The molecule has 0 saturated carbocycles. The highest BCUT2D eigenvalue weighted by Crippen LogP contribution is 2.24. The first-order valence-corrected chi connectivity index (χ1v) is 9.85. The molecule has 0 aliphatic heterocycles. The van der Waals surface area contributed by atoms with Crippen LogP contribution in [0.5, 0.6) is 5.88 Å². The van der Waals surface area contributed by atoms with Gasteiger partial charge in [0.05, 0.1) is 12.2 Å². The Morgan fingerprint density at radius 3 is 2.52 bits per heavy atom. The minimum absolute atomic E-state index is 0.134. The molecule has 4 N–H and O–H groups in total. The summed E-state index contributed by atoms with van der Waals surface area (Å²) < 4.78 is 8.73. The Kier molecular flexibility index (Phi) is 5.06. The normalized spacial score (nSPS) is 12.2. The molecule has 0 saturated heterocycles. The van der Waals surface area contributed by atoms with Crippen molar-refractivity contribution in [3.05, 3.63) is 52.9 Å². The van der Waals surface area contributed by atoms with Crippen LogP contribution in [0.2, 0.25) is 0 Å². The Balaban J connectivity index is 1.66. The van der Waals surface area contributed by atoms with Gasteiger partial charge in [0.25, 0.3) is 0 Å². The van der Waals surface area contributed by atoms with E-state index in [2.05, 4.69) is 30.9 Å². The molecule has 0 fully saturated rings. The van der Waals surface area contributed by atoms with Crippen LogP contribution in [0.3, 0.4) is 0 Å². The van der Waals surface area contributed by atoms with Crippen LogP contribution in [0.1, 0.15) is 12.7 Å². The molecule has 4 aromatic heterocycles. The molecule has 4 heterocycles. The quantitative estimate of drug-likeness (QED) is 0.443. The molecule has 0 amide bonds. The highest BCUT2D eigenvalue weighted by molar-refractivity contribution is 9.10. The highest BCUT2D eigenvalue weighted by atomic mass is 79.9. The molecular weight excluding hydrogens is 434 g/mol. The van der Waals surface area contributed by atoms with Gasteiger partial charge >= 0.3 is 0 Å². The maximum absolute atomic E-state index is 5.96. The number of imidazole rings is 1. The molecular formula is C20H20BrN7O. The van der Waals surface area contributed by atoms with E-state index in [9.17, 15) is 0 Å². The predicted molar refractivity (Wildman–Crippen MR) is 116 cm³/mol. The van der Waals surface area contributed by atoms with E-state index in [1.165, 1.54) is 0 Å². The number of nitrogens with two attached hydrogens (primary N) is 2. The van der Waals surface area contributed by atoms with Crippen molar-refractivity contribution < 1.29 is 4.74 Å². The zero-order valence-corrected chi connectivity index (χ0v) is 17.6. The number of aryl methyl sites for hydroxylation is 1. The minimum Gasteiger partial charge on any atom is -0.473 e. The van der Waals surface area contributed by atoms with Crippen molar-refractivity contribution in [2.45, 2.75) is 26.5 Å². The summed E-state index contributed by atoms with van der Waals surface area (Å²) in [5.41, 5.74) is 14.8. The van der Waals surface area contributed by atoms with Crippen molar-refractivity contribution >= 4 is 38.7 Å². The first kappa shape index (κ1) is 19.1. The monoisotopic (exact) mass is 453 g/mol.